The molecule has 0 aliphatic heterocycles. The molecule has 2 N–H and O–H groups in total. The van der Waals surface area contributed by atoms with Crippen molar-refractivity contribution in [1.82, 2.24) is 0 Å². The summed E-state index contributed by atoms with van der Waals surface area (Å²) in [4.78, 5) is 2.04. The Morgan fingerprint density at radius 3 is 2.60 bits per heavy atom. The average Bonchev–Trinajstić information content (AvgIpc) is 2.71. The zero-order valence-electron chi connectivity index (χ0n) is 8.90. The van der Waals surface area contributed by atoms with Gasteiger partial charge in [0.2, 0.25) is 0 Å². The first-order valence-corrected chi connectivity index (χ1v) is 4.78. The molecule has 0 spiro atoms. The molecule has 0 radical (unpaired) electrons. The highest BCUT2D eigenvalue weighted by Gasteiger charge is 2.05. The topological polar surface area (TPSA) is 42.4 Å². The fourth-order valence-electron chi connectivity index (χ4n) is 1.49. The van der Waals surface area contributed by atoms with Crippen molar-refractivity contribution in [3.63, 3.8) is 0 Å². The molecule has 1 aromatic heterocycles. The number of nitrogens with two attached hydrogens (primary N) is 1. The molecule has 15 heavy (non-hydrogen) atoms. The Balaban J connectivity index is 2.51. The van der Waals surface area contributed by atoms with Gasteiger partial charge in [-0.15, -0.1) is 0 Å². The highest BCUT2D eigenvalue weighted by molar-refractivity contribution is 5.79. The van der Waals surface area contributed by atoms with E-state index in [1.54, 1.807) is 12.5 Å². The Labute approximate surface area is 89.1 Å². The molecule has 3 heteroatoms. The van der Waals surface area contributed by atoms with Gasteiger partial charge in [0.15, 0.2) is 0 Å². The van der Waals surface area contributed by atoms with Crippen LogP contribution >= 0.6 is 0 Å². The lowest BCUT2D eigenvalue weighted by molar-refractivity contribution is 0.568. The zero-order chi connectivity index (χ0) is 10.8. The molecular formula is C12H14N2O. The van der Waals surface area contributed by atoms with E-state index in [1.807, 2.05) is 37.2 Å². The Bertz CT molecular complexity index is 447. The van der Waals surface area contributed by atoms with Gasteiger partial charge in [-0.2, -0.15) is 0 Å². The molecule has 1 aromatic carbocycles. The summed E-state index contributed by atoms with van der Waals surface area (Å²) < 4.78 is 5.06. The maximum atomic E-state index is 5.92. The number of hydrogen-bond donors (Lipinski definition) is 1. The minimum atomic E-state index is 0.766. The molecule has 0 saturated heterocycles. The standard InChI is InChI=1S/C12H14N2O/c1-14(2)10-3-4-12(13)11(7-10)9-5-6-15-8-9/h3-8H,13H2,1-2H3. The van der Waals surface area contributed by atoms with Crippen molar-refractivity contribution >= 4 is 11.4 Å². The van der Waals surface area contributed by atoms with Gasteiger partial charge in [0.1, 0.15) is 0 Å². The van der Waals surface area contributed by atoms with E-state index in [4.69, 9.17) is 10.2 Å². The van der Waals surface area contributed by atoms with Crippen molar-refractivity contribution in [1.29, 1.82) is 0 Å². The summed E-state index contributed by atoms with van der Waals surface area (Å²) in [5, 5.41) is 0. The van der Waals surface area contributed by atoms with Crippen LogP contribution in [0.5, 0.6) is 0 Å². The lowest BCUT2D eigenvalue weighted by Gasteiger charge is -2.14. The van der Waals surface area contributed by atoms with E-state index in [2.05, 4.69) is 6.07 Å². The van der Waals surface area contributed by atoms with Crippen LogP contribution in [0, 0.1) is 0 Å². The number of nitrogens with zero attached hydrogens (tertiary/aromatic N) is 1. The number of anilines is 2. The second-order valence-corrected chi connectivity index (χ2v) is 3.68. The normalized spacial score (nSPS) is 10.3. The Hall–Kier alpha value is -1.90. The van der Waals surface area contributed by atoms with Crippen molar-refractivity contribution in [3.05, 3.63) is 36.8 Å². The third-order valence-corrected chi connectivity index (χ3v) is 2.39. The van der Waals surface area contributed by atoms with E-state index in [9.17, 15) is 0 Å². The van der Waals surface area contributed by atoms with E-state index >= 15 is 0 Å². The highest BCUT2D eigenvalue weighted by atomic mass is 16.3. The first kappa shape index (κ1) is 9.65. The summed E-state index contributed by atoms with van der Waals surface area (Å²) in [6.07, 6.45) is 3.35. The predicted molar refractivity (Wildman–Crippen MR) is 62.9 cm³/mol. The first-order chi connectivity index (χ1) is 7.18. The van der Waals surface area contributed by atoms with E-state index in [-0.39, 0.29) is 0 Å². The van der Waals surface area contributed by atoms with E-state index in [0.29, 0.717) is 0 Å². The van der Waals surface area contributed by atoms with E-state index < -0.39 is 0 Å². The van der Waals surface area contributed by atoms with Crippen LogP contribution < -0.4 is 10.6 Å². The third-order valence-electron chi connectivity index (χ3n) is 2.39. The predicted octanol–water partition coefficient (Wildman–Crippen LogP) is 2.59. The third kappa shape index (κ3) is 1.81. The van der Waals surface area contributed by atoms with Crippen LogP contribution in [0.25, 0.3) is 11.1 Å². The molecule has 0 amide bonds. The van der Waals surface area contributed by atoms with Gasteiger partial charge in [-0.1, -0.05) is 0 Å². The first-order valence-electron chi connectivity index (χ1n) is 4.78. The van der Waals surface area contributed by atoms with Gasteiger partial charge in [-0.3, -0.25) is 0 Å². The van der Waals surface area contributed by atoms with Gasteiger partial charge in [-0.05, 0) is 24.3 Å². The van der Waals surface area contributed by atoms with Crippen LogP contribution in [-0.4, -0.2) is 14.1 Å². The van der Waals surface area contributed by atoms with Crippen molar-refractivity contribution in [2.75, 3.05) is 24.7 Å². The van der Waals surface area contributed by atoms with Crippen LogP contribution in [0.3, 0.4) is 0 Å². The van der Waals surface area contributed by atoms with Crippen molar-refractivity contribution < 1.29 is 4.42 Å². The van der Waals surface area contributed by atoms with Gasteiger partial charge in [0.25, 0.3) is 0 Å². The van der Waals surface area contributed by atoms with Crippen molar-refractivity contribution in [3.8, 4) is 11.1 Å². The summed E-state index contributed by atoms with van der Waals surface area (Å²) in [5.41, 5.74) is 9.83. The van der Waals surface area contributed by atoms with Crippen LogP contribution in [0.4, 0.5) is 11.4 Å². The lowest BCUT2D eigenvalue weighted by atomic mass is 10.1. The summed E-state index contributed by atoms with van der Waals surface area (Å²) in [6, 6.07) is 7.88. The largest absolute Gasteiger partial charge is 0.472 e. The molecule has 0 saturated carbocycles. The summed E-state index contributed by atoms with van der Waals surface area (Å²) in [7, 11) is 4.01. The smallest absolute Gasteiger partial charge is 0.0981 e. The van der Waals surface area contributed by atoms with Crippen molar-refractivity contribution in [2.45, 2.75) is 0 Å². The Morgan fingerprint density at radius 2 is 2.00 bits per heavy atom. The fourth-order valence-corrected chi connectivity index (χ4v) is 1.49. The molecule has 3 nitrogen and oxygen atoms in total. The second kappa shape index (κ2) is 3.69. The number of benzene rings is 1. The maximum Gasteiger partial charge on any atom is 0.0981 e. The second-order valence-electron chi connectivity index (χ2n) is 3.68. The summed E-state index contributed by atoms with van der Waals surface area (Å²) in [5.74, 6) is 0. The molecule has 0 fully saturated rings. The minimum Gasteiger partial charge on any atom is -0.472 e. The minimum absolute atomic E-state index is 0.766. The number of nitrogen functional groups attached to an aromatic ring is 1. The number of rotatable bonds is 2. The fraction of sp³-hybridized carbons (Fsp3) is 0.167. The average molecular weight is 202 g/mol. The SMILES string of the molecule is CN(C)c1ccc(N)c(-c2ccoc2)c1. The molecule has 0 aliphatic carbocycles. The van der Waals surface area contributed by atoms with Crippen LogP contribution in [0.2, 0.25) is 0 Å². The molecule has 0 bridgehead atoms. The monoisotopic (exact) mass is 202 g/mol. The summed E-state index contributed by atoms with van der Waals surface area (Å²) >= 11 is 0. The zero-order valence-corrected chi connectivity index (χ0v) is 8.90. The molecule has 2 rings (SSSR count). The molecule has 78 valence electrons. The molecule has 2 aromatic rings. The summed E-state index contributed by atoms with van der Waals surface area (Å²) in [6.45, 7) is 0. The van der Waals surface area contributed by atoms with Crippen LogP contribution in [0.15, 0.2) is 41.2 Å². The van der Waals surface area contributed by atoms with E-state index in [0.717, 1.165) is 22.5 Å². The number of furan rings is 1. The molecule has 1 heterocycles. The molecular weight excluding hydrogens is 188 g/mol. The molecule has 0 aliphatic rings. The Kier molecular flexibility index (Phi) is 2.37. The van der Waals surface area contributed by atoms with Crippen LogP contribution in [-0.2, 0) is 0 Å². The lowest BCUT2D eigenvalue weighted by Crippen LogP contribution is -2.08. The van der Waals surface area contributed by atoms with E-state index in [1.165, 1.54) is 0 Å². The highest BCUT2D eigenvalue weighted by Crippen LogP contribution is 2.29. The van der Waals surface area contributed by atoms with Gasteiger partial charge >= 0.3 is 0 Å². The molecule has 0 unspecified atom stereocenters. The Morgan fingerprint density at radius 1 is 1.20 bits per heavy atom. The van der Waals surface area contributed by atoms with Crippen LogP contribution in [0.1, 0.15) is 0 Å². The van der Waals surface area contributed by atoms with Gasteiger partial charge < -0.3 is 15.1 Å². The maximum absolute atomic E-state index is 5.92. The van der Waals surface area contributed by atoms with Crippen molar-refractivity contribution in [2.24, 2.45) is 0 Å². The number of hydrogen-bond acceptors (Lipinski definition) is 3. The molecule has 0 atom stereocenters. The van der Waals surface area contributed by atoms with Gasteiger partial charge in [0.05, 0.1) is 12.5 Å². The van der Waals surface area contributed by atoms with Gasteiger partial charge in [0, 0.05) is 36.6 Å². The quantitative estimate of drug-likeness (QED) is 0.761. The van der Waals surface area contributed by atoms with Gasteiger partial charge in [-0.25, -0.2) is 0 Å².